The van der Waals surface area contributed by atoms with Gasteiger partial charge in [0, 0.05) is 32.6 Å². The fourth-order valence-corrected chi connectivity index (χ4v) is 2.27. The summed E-state index contributed by atoms with van der Waals surface area (Å²) in [6.45, 7) is 4.62. The van der Waals surface area contributed by atoms with Crippen molar-refractivity contribution in [1.29, 1.82) is 0 Å². The number of Topliss-reactive ketones (excluding diaryl/α,β-unsaturated/α-hetero) is 2. The van der Waals surface area contributed by atoms with Crippen molar-refractivity contribution in [2.75, 3.05) is 26.2 Å². The quantitative estimate of drug-likeness (QED) is 0.521. The number of hydrogen-bond donors (Lipinski definition) is 2. The van der Waals surface area contributed by atoms with Gasteiger partial charge in [0.1, 0.15) is 5.60 Å². The summed E-state index contributed by atoms with van der Waals surface area (Å²) < 4.78 is 0. The zero-order valence-corrected chi connectivity index (χ0v) is 8.82. The van der Waals surface area contributed by atoms with Gasteiger partial charge in [0.2, 0.25) is 11.6 Å². The number of nitrogens with zero attached hydrogens (tertiary/aromatic N) is 1. The van der Waals surface area contributed by atoms with Crippen molar-refractivity contribution >= 4 is 11.6 Å². The molecule has 1 saturated carbocycles. The standard InChI is InChI=1S/C10H16N2O3/c1-10(15)6-7(8(13)9(10)14)12-4-2-11-3-5-12/h7,11,15H,2-6H2,1H3. The van der Waals surface area contributed by atoms with Gasteiger partial charge < -0.3 is 10.4 Å². The molecule has 0 aromatic heterocycles. The van der Waals surface area contributed by atoms with Crippen molar-refractivity contribution in [2.24, 2.45) is 0 Å². The molecular formula is C10H16N2O3. The molecule has 1 heterocycles. The SMILES string of the molecule is CC1(O)CC(N2CCNCC2)C(=O)C1=O. The first kappa shape index (κ1) is 10.7. The van der Waals surface area contributed by atoms with Crippen molar-refractivity contribution < 1.29 is 14.7 Å². The van der Waals surface area contributed by atoms with Gasteiger partial charge in [0.15, 0.2) is 0 Å². The fraction of sp³-hybridized carbons (Fsp3) is 0.800. The first-order chi connectivity index (χ1) is 7.02. The largest absolute Gasteiger partial charge is 0.382 e. The first-order valence-corrected chi connectivity index (χ1v) is 5.28. The highest BCUT2D eigenvalue weighted by Crippen LogP contribution is 2.27. The molecule has 2 N–H and O–H groups in total. The number of ketones is 2. The maximum Gasteiger partial charge on any atom is 0.231 e. The molecule has 1 aliphatic heterocycles. The number of carbonyl (C=O) groups is 2. The van der Waals surface area contributed by atoms with Gasteiger partial charge >= 0.3 is 0 Å². The molecule has 15 heavy (non-hydrogen) atoms. The number of carbonyl (C=O) groups excluding carboxylic acids is 2. The predicted molar refractivity (Wildman–Crippen MR) is 53.5 cm³/mol. The van der Waals surface area contributed by atoms with E-state index in [9.17, 15) is 14.7 Å². The van der Waals surface area contributed by atoms with Crippen LogP contribution in [0.4, 0.5) is 0 Å². The fourth-order valence-electron chi connectivity index (χ4n) is 2.27. The number of piperazine rings is 1. The Morgan fingerprint density at radius 1 is 1.40 bits per heavy atom. The molecule has 0 radical (unpaired) electrons. The van der Waals surface area contributed by atoms with E-state index in [0.29, 0.717) is 0 Å². The lowest BCUT2D eigenvalue weighted by Crippen LogP contribution is -2.50. The molecule has 0 aromatic carbocycles. The number of nitrogens with one attached hydrogen (secondary N) is 1. The Morgan fingerprint density at radius 2 is 2.00 bits per heavy atom. The van der Waals surface area contributed by atoms with Gasteiger partial charge in [-0.05, 0) is 6.92 Å². The molecule has 2 rings (SSSR count). The molecule has 0 aromatic rings. The zero-order valence-electron chi connectivity index (χ0n) is 8.82. The molecule has 0 spiro atoms. The maximum atomic E-state index is 11.6. The van der Waals surface area contributed by atoms with Crippen LogP contribution in [0, 0.1) is 0 Å². The third-order valence-electron chi connectivity index (χ3n) is 3.20. The highest BCUT2D eigenvalue weighted by Gasteiger charge is 2.50. The van der Waals surface area contributed by atoms with Crippen molar-refractivity contribution in [2.45, 2.75) is 25.0 Å². The predicted octanol–water partition coefficient (Wildman–Crippen LogP) is -1.45. The van der Waals surface area contributed by atoms with Gasteiger partial charge in [-0.1, -0.05) is 0 Å². The van der Waals surface area contributed by atoms with Gasteiger partial charge in [0.05, 0.1) is 6.04 Å². The normalized spacial score (nSPS) is 38.7. The summed E-state index contributed by atoms with van der Waals surface area (Å²) in [7, 11) is 0. The minimum Gasteiger partial charge on any atom is -0.382 e. The van der Waals surface area contributed by atoms with Crippen LogP contribution in [-0.2, 0) is 9.59 Å². The van der Waals surface area contributed by atoms with Crippen LogP contribution in [-0.4, -0.2) is 59.4 Å². The van der Waals surface area contributed by atoms with Crippen LogP contribution in [0.1, 0.15) is 13.3 Å². The Balaban J connectivity index is 2.11. The summed E-state index contributed by atoms with van der Waals surface area (Å²) in [4.78, 5) is 25.1. The van der Waals surface area contributed by atoms with E-state index >= 15 is 0 Å². The second kappa shape index (κ2) is 3.66. The van der Waals surface area contributed by atoms with Crippen molar-refractivity contribution in [3.05, 3.63) is 0 Å². The van der Waals surface area contributed by atoms with Gasteiger partial charge in [-0.15, -0.1) is 0 Å². The van der Waals surface area contributed by atoms with E-state index in [4.69, 9.17) is 0 Å². The molecule has 5 heteroatoms. The van der Waals surface area contributed by atoms with E-state index in [1.54, 1.807) is 0 Å². The van der Waals surface area contributed by atoms with Crippen LogP contribution in [0.3, 0.4) is 0 Å². The minimum absolute atomic E-state index is 0.241. The number of aliphatic hydroxyl groups is 1. The number of hydrogen-bond acceptors (Lipinski definition) is 5. The summed E-state index contributed by atoms with van der Waals surface area (Å²) >= 11 is 0. The summed E-state index contributed by atoms with van der Waals surface area (Å²) in [6.07, 6.45) is 0.241. The van der Waals surface area contributed by atoms with Crippen LogP contribution in [0.25, 0.3) is 0 Å². The zero-order chi connectivity index (χ0) is 11.1. The van der Waals surface area contributed by atoms with Gasteiger partial charge in [-0.2, -0.15) is 0 Å². The molecule has 1 saturated heterocycles. The first-order valence-electron chi connectivity index (χ1n) is 5.28. The lowest BCUT2D eigenvalue weighted by Gasteiger charge is -2.31. The van der Waals surface area contributed by atoms with E-state index in [1.165, 1.54) is 6.92 Å². The van der Waals surface area contributed by atoms with E-state index < -0.39 is 23.2 Å². The lowest BCUT2D eigenvalue weighted by atomic mass is 10.0. The molecule has 2 atom stereocenters. The van der Waals surface area contributed by atoms with Gasteiger partial charge in [-0.25, -0.2) is 0 Å². The van der Waals surface area contributed by atoms with Crippen LogP contribution < -0.4 is 5.32 Å². The molecule has 1 aliphatic carbocycles. The lowest BCUT2D eigenvalue weighted by molar-refractivity contribution is -0.142. The second-order valence-corrected chi connectivity index (χ2v) is 4.47. The van der Waals surface area contributed by atoms with Gasteiger partial charge in [0.25, 0.3) is 0 Å². The van der Waals surface area contributed by atoms with Crippen LogP contribution in [0.2, 0.25) is 0 Å². The highest BCUT2D eigenvalue weighted by atomic mass is 16.3. The summed E-state index contributed by atoms with van der Waals surface area (Å²) in [5, 5.41) is 12.9. The number of rotatable bonds is 1. The van der Waals surface area contributed by atoms with E-state index in [0.717, 1.165) is 26.2 Å². The molecule has 0 amide bonds. The average Bonchev–Trinajstić information content (AvgIpc) is 2.44. The molecule has 0 bridgehead atoms. The van der Waals surface area contributed by atoms with Crippen LogP contribution >= 0.6 is 0 Å². The monoisotopic (exact) mass is 212 g/mol. The van der Waals surface area contributed by atoms with E-state index in [2.05, 4.69) is 5.32 Å². The molecule has 2 fully saturated rings. The average molecular weight is 212 g/mol. The van der Waals surface area contributed by atoms with Crippen LogP contribution in [0.15, 0.2) is 0 Å². The second-order valence-electron chi connectivity index (χ2n) is 4.47. The Kier molecular flexibility index (Phi) is 2.62. The van der Waals surface area contributed by atoms with Gasteiger partial charge in [-0.3, -0.25) is 14.5 Å². The Morgan fingerprint density at radius 3 is 2.47 bits per heavy atom. The Hall–Kier alpha value is -0.780. The topological polar surface area (TPSA) is 69.6 Å². The molecule has 5 nitrogen and oxygen atoms in total. The molecule has 2 aliphatic rings. The van der Waals surface area contributed by atoms with Crippen LogP contribution in [0.5, 0.6) is 0 Å². The Labute approximate surface area is 88.4 Å². The smallest absolute Gasteiger partial charge is 0.231 e. The molecule has 84 valence electrons. The molecule has 2 unspecified atom stereocenters. The maximum absolute atomic E-state index is 11.6. The summed E-state index contributed by atoms with van der Waals surface area (Å²) in [6, 6.07) is -0.408. The summed E-state index contributed by atoms with van der Waals surface area (Å²) in [5.74, 6) is -1.06. The van der Waals surface area contributed by atoms with Crippen molar-refractivity contribution in [3.8, 4) is 0 Å². The third kappa shape index (κ3) is 1.82. The van der Waals surface area contributed by atoms with E-state index in [-0.39, 0.29) is 6.42 Å². The highest BCUT2D eigenvalue weighted by molar-refractivity contribution is 6.44. The minimum atomic E-state index is -1.45. The third-order valence-corrected chi connectivity index (χ3v) is 3.20. The summed E-state index contributed by atoms with van der Waals surface area (Å²) in [5.41, 5.74) is -1.45. The van der Waals surface area contributed by atoms with E-state index in [1.807, 2.05) is 4.90 Å². The Bertz CT molecular complexity index is 295. The van der Waals surface area contributed by atoms with Crippen molar-refractivity contribution in [1.82, 2.24) is 10.2 Å². The van der Waals surface area contributed by atoms with Crippen molar-refractivity contribution in [3.63, 3.8) is 0 Å². The molecular weight excluding hydrogens is 196 g/mol.